The van der Waals surface area contributed by atoms with Gasteiger partial charge in [-0.15, -0.1) is 0 Å². The van der Waals surface area contributed by atoms with Gasteiger partial charge < -0.3 is 9.64 Å². The number of aromatic nitrogens is 2. The van der Waals surface area contributed by atoms with Gasteiger partial charge in [-0.3, -0.25) is 14.9 Å². The van der Waals surface area contributed by atoms with Crippen LogP contribution in [0.5, 0.6) is 5.75 Å². The molecule has 9 heteroatoms. The van der Waals surface area contributed by atoms with Crippen molar-refractivity contribution < 1.29 is 14.5 Å². The van der Waals surface area contributed by atoms with Crippen LogP contribution in [-0.4, -0.2) is 45.7 Å². The van der Waals surface area contributed by atoms with Crippen molar-refractivity contribution in [1.29, 1.82) is 0 Å². The molecule has 0 bridgehead atoms. The minimum absolute atomic E-state index is 0.00683. The number of ether oxygens (including phenoxy) is 1. The van der Waals surface area contributed by atoms with Gasteiger partial charge in [0.2, 0.25) is 0 Å². The summed E-state index contributed by atoms with van der Waals surface area (Å²) in [5.74, 6) is 0.476. The minimum Gasteiger partial charge on any atom is -0.492 e. The predicted octanol–water partition coefficient (Wildman–Crippen LogP) is 3.58. The van der Waals surface area contributed by atoms with E-state index in [-0.39, 0.29) is 11.6 Å². The number of carbonyl (C=O) groups excluding carboxylic acids is 1. The summed E-state index contributed by atoms with van der Waals surface area (Å²) in [6.45, 7) is 0.727. The highest BCUT2D eigenvalue weighted by Crippen LogP contribution is 2.17. The number of halogens is 1. The molecule has 1 aromatic heterocycles. The van der Waals surface area contributed by atoms with Gasteiger partial charge in [0.05, 0.1) is 28.9 Å². The lowest BCUT2D eigenvalue weighted by Crippen LogP contribution is -2.30. The smallest absolute Gasteiger partial charge is 0.269 e. The number of amides is 1. The van der Waals surface area contributed by atoms with Crippen molar-refractivity contribution in [1.82, 2.24) is 14.7 Å². The third-order valence-electron chi connectivity index (χ3n) is 4.01. The van der Waals surface area contributed by atoms with Gasteiger partial charge in [-0.2, -0.15) is 5.10 Å². The zero-order valence-corrected chi connectivity index (χ0v) is 15.7. The van der Waals surface area contributed by atoms with Crippen LogP contribution in [-0.2, 0) is 0 Å². The third kappa shape index (κ3) is 4.66. The largest absolute Gasteiger partial charge is 0.492 e. The van der Waals surface area contributed by atoms with E-state index in [1.807, 2.05) is 0 Å². The fraction of sp³-hybridized carbons (Fsp3) is 0.158. The summed E-state index contributed by atoms with van der Waals surface area (Å²) in [7, 11) is 1.68. The molecular weight excluding hydrogens is 384 g/mol. The summed E-state index contributed by atoms with van der Waals surface area (Å²) >= 11 is 5.83. The van der Waals surface area contributed by atoms with Crippen molar-refractivity contribution in [3.05, 3.63) is 81.6 Å². The molecule has 0 aliphatic rings. The second-order valence-electron chi connectivity index (χ2n) is 5.98. The second kappa shape index (κ2) is 8.53. The van der Waals surface area contributed by atoms with Crippen molar-refractivity contribution in [3.63, 3.8) is 0 Å². The maximum Gasteiger partial charge on any atom is 0.269 e. The summed E-state index contributed by atoms with van der Waals surface area (Å²) in [4.78, 5) is 24.3. The summed E-state index contributed by atoms with van der Waals surface area (Å²) < 4.78 is 7.09. The second-order valence-corrected chi connectivity index (χ2v) is 6.41. The van der Waals surface area contributed by atoms with E-state index < -0.39 is 4.92 Å². The Kier molecular flexibility index (Phi) is 5.90. The van der Waals surface area contributed by atoms with Gasteiger partial charge in [0, 0.05) is 30.4 Å². The first kappa shape index (κ1) is 19.4. The van der Waals surface area contributed by atoms with Crippen LogP contribution >= 0.6 is 11.6 Å². The fourth-order valence-corrected chi connectivity index (χ4v) is 2.58. The molecule has 3 aromatic rings. The molecule has 1 heterocycles. The van der Waals surface area contributed by atoms with E-state index in [2.05, 4.69) is 5.10 Å². The van der Waals surface area contributed by atoms with Crippen LogP contribution in [0.4, 0.5) is 5.69 Å². The Hall–Kier alpha value is -3.39. The number of nitro benzene ring substituents is 1. The monoisotopic (exact) mass is 400 g/mol. The van der Waals surface area contributed by atoms with Gasteiger partial charge in [0.15, 0.2) is 0 Å². The Morgan fingerprint density at radius 3 is 2.54 bits per heavy atom. The molecule has 0 unspecified atom stereocenters. The first-order chi connectivity index (χ1) is 13.4. The van der Waals surface area contributed by atoms with E-state index in [9.17, 15) is 14.9 Å². The molecule has 28 heavy (non-hydrogen) atoms. The quantitative estimate of drug-likeness (QED) is 0.446. The van der Waals surface area contributed by atoms with E-state index in [4.69, 9.17) is 16.3 Å². The first-order valence-corrected chi connectivity index (χ1v) is 8.75. The Labute approximate surface area is 166 Å². The molecule has 8 nitrogen and oxygen atoms in total. The number of carbonyl (C=O) groups is 1. The number of rotatable bonds is 7. The van der Waals surface area contributed by atoms with Crippen LogP contribution in [0.15, 0.2) is 60.9 Å². The zero-order chi connectivity index (χ0) is 20.1. The maximum absolute atomic E-state index is 12.5. The number of non-ortho nitro benzene ring substituents is 1. The molecule has 0 spiro atoms. The Balaban J connectivity index is 1.58. The molecule has 0 fully saturated rings. The van der Waals surface area contributed by atoms with Crippen molar-refractivity contribution in [2.45, 2.75) is 0 Å². The minimum atomic E-state index is -0.469. The SMILES string of the molecule is CN(CCOc1ccc(Cl)cc1)C(=O)c1cnn(-c2ccc([N+](=O)[O-])cc2)c1. The van der Waals surface area contributed by atoms with Gasteiger partial charge >= 0.3 is 0 Å². The Morgan fingerprint density at radius 2 is 1.89 bits per heavy atom. The molecule has 0 radical (unpaired) electrons. The van der Waals surface area contributed by atoms with Crippen LogP contribution in [0.2, 0.25) is 5.02 Å². The van der Waals surface area contributed by atoms with E-state index in [0.717, 1.165) is 0 Å². The molecule has 0 atom stereocenters. The number of nitro groups is 1. The summed E-state index contributed by atoms with van der Waals surface area (Å²) in [6.07, 6.45) is 3.04. The fourth-order valence-electron chi connectivity index (χ4n) is 2.45. The van der Waals surface area contributed by atoms with E-state index in [1.165, 1.54) is 27.9 Å². The van der Waals surface area contributed by atoms with Crippen molar-refractivity contribution in [2.24, 2.45) is 0 Å². The Morgan fingerprint density at radius 1 is 1.21 bits per heavy atom. The van der Waals surface area contributed by atoms with Crippen LogP contribution in [0, 0.1) is 10.1 Å². The van der Waals surface area contributed by atoms with Gasteiger partial charge in [0.25, 0.3) is 11.6 Å². The van der Waals surface area contributed by atoms with Crippen LogP contribution in [0.3, 0.4) is 0 Å². The maximum atomic E-state index is 12.5. The van der Waals surface area contributed by atoms with Gasteiger partial charge in [-0.05, 0) is 36.4 Å². The molecule has 0 aliphatic carbocycles. The summed E-state index contributed by atoms with van der Waals surface area (Å²) in [5.41, 5.74) is 1.03. The van der Waals surface area contributed by atoms with Gasteiger partial charge in [-0.25, -0.2) is 4.68 Å². The lowest BCUT2D eigenvalue weighted by molar-refractivity contribution is -0.384. The van der Waals surface area contributed by atoms with E-state index in [0.29, 0.717) is 35.2 Å². The topological polar surface area (TPSA) is 90.5 Å². The molecule has 0 saturated heterocycles. The molecule has 1 amide bonds. The Bertz CT molecular complexity index is 970. The number of nitrogens with zero attached hydrogens (tertiary/aromatic N) is 4. The highest BCUT2D eigenvalue weighted by Gasteiger charge is 2.15. The molecule has 2 aromatic carbocycles. The van der Waals surface area contributed by atoms with Crippen LogP contribution < -0.4 is 4.74 Å². The first-order valence-electron chi connectivity index (χ1n) is 8.37. The highest BCUT2D eigenvalue weighted by molar-refractivity contribution is 6.30. The van der Waals surface area contributed by atoms with Gasteiger partial charge in [-0.1, -0.05) is 11.6 Å². The third-order valence-corrected chi connectivity index (χ3v) is 4.26. The molecule has 0 saturated carbocycles. The normalized spacial score (nSPS) is 10.5. The standard InChI is InChI=1S/C19H17ClN4O4/c1-22(10-11-28-18-8-2-15(20)3-9-18)19(25)14-12-21-23(13-14)16-4-6-17(7-5-16)24(26)27/h2-9,12-13H,10-11H2,1H3. The van der Waals surface area contributed by atoms with Crippen LogP contribution in [0.25, 0.3) is 5.69 Å². The average Bonchev–Trinajstić information content (AvgIpc) is 3.19. The molecular formula is C19H17ClN4O4. The lowest BCUT2D eigenvalue weighted by atomic mass is 10.3. The van der Waals surface area contributed by atoms with Crippen molar-refractivity contribution in [2.75, 3.05) is 20.2 Å². The number of benzene rings is 2. The van der Waals surface area contributed by atoms with Crippen LogP contribution in [0.1, 0.15) is 10.4 Å². The van der Waals surface area contributed by atoms with Crippen molar-refractivity contribution in [3.8, 4) is 11.4 Å². The number of hydrogen-bond acceptors (Lipinski definition) is 5. The summed E-state index contributed by atoms with van der Waals surface area (Å²) in [6, 6.07) is 12.9. The molecule has 0 N–H and O–H groups in total. The molecule has 0 aliphatic heterocycles. The van der Waals surface area contributed by atoms with Crippen molar-refractivity contribution >= 4 is 23.2 Å². The van der Waals surface area contributed by atoms with Gasteiger partial charge in [0.1, 0.15) is 12.4 Å². The summed E-state index contributed by atoms with van der Waals surface area (Å²) in [5, 5.41) is 15.5. The lowest BCUT2D eigenvalue weighted by Gasteiger charge is -2.16. The number of likely N-dealkylation sites (N-methyl/N-ethyl adjacent to an activating group) is 1. The highest BCUT2D eigenvalue weighted by atomic mass is 35.5. The van der Waals surface area contributed by atoms with E-state index >= 15 is 0 Å². The zero-order valence-electron chi connectivity index (χ0n) is 15.0. The predicted molar refractivity (Wildman–Crippen MR) is 104 cm³/mol. The molecule has 3 rings (SSSR count). The number of hydrogen-bond donors (Lipinski definition) is 0. The average molecular weight is 401 g/mol. The van der Waals surface area contributed by atoms with E-state index in [1.54, 1.807) is 49.6 Å². The molecule has 144 valence electrons.